The number of nitrogens with zero attached hydrogens (tertiary/aromatic N) is 2. The van der Waals surface area contributed by atoms with Crippen LogP contribution >= 0.6 is 11.6 Å². The summed E-state index contributed by atoms with van der Waals surface area (Å²) in [5.41, 5.74) is -2.46. The molecule has 1 N–H and O–H groups in total. The number of benzene rings is 3. The van der Waals surface area contributed by atoms with Gasteiger partial charge in [0, 0.05) is 17.8 Å². The summed E-state index contributed by atoms with van der Waals surface area (Å²) < 4.78 is 78.0. The first kappa shape index (κ1) is 28.5. The number of nitro groups is 1. The van der Waals surface area contributed by atoms with E-state index in [1.54, 1.807) is 0 Å². The number of nitrogens with one attached hydrogen (secondary N) is 1. The maximum Gasteiger partial charge on any atom is 0.417 e. The predicted octanol–water partition coefficient (Wildman–Crippen LogP) is 5.12. The molecule has 202 valence electrons. The van der Waals surface area contributed by atoms with Crippen molar-refractivity contribution in [3.63, 3.8) is 0 Å². The molecule has 0 bridgehead atoms. The first-order valence-corrected chi connectivity index (χ1v) is 12.3. The summed E-state index contributed by atoms with van der Waals surface area (Å²) in [6.07, 6.45) is -4.81. The lowest BCUT2D eigenvalue weighted by molar-refractivity contribution is -0.387. The Bertz CT molecular complexity index is 1480. The van der Waals surface area contributed by atoms with E-state index in [9.17, 15) is 36.5 Å². The molecule has 3 aromatic rings. The Kier molecular flexibility index (Phi) is 8.37. The van der Waals surface area contributed by atoms with Crippen LogP contribution in [0.15, 0.2) is 65.6 Å². The SMILES string of the molecule is COc1ccc(N(CC(=O)Nc2ccc(Cl)c(C(F)(F)F)c2)S(=O)(=O)c2ccccc2[N+](=O)[O-])c(OC)c1. The van der Waals surface area contributed by atoms with Crippen LogP contribution in [0.3, 0.4) is 0 Å². The smallest absolute Gasteiger partial charge is 0.417 e. The summed E-state index contributed by atoms with van der Waals surface area (Å²) in [4.78, 5) is 22.8. The van der Waals surface area contributed by atoms with Crippen molar-refractivity contribution < 1.29 is 40.8 Å². The second-order valence-corrected chi connectivity index (χ2v) is 9.75. The number of alkyl halides is 3. The third-order valence-corrected chi connectivity index (χ3v) is 7.27. The molecule has 0 saturated carbocycles. The van der Waals surface area contributed by atoms with Crippen molar-refractivity contribution >= 4 is 44.6 Å². The molecule has 3 rings (SSSR count). The number of hydrogen-bond acceptors (Lipinski definition) is 7. The van der Waals surface area contributed by atoms with Crippen molar-refractivity contribution in [3.05, 3.63) is 81.4 Å². The van der Waals surface area contributed by atoms with Gasteiger partial charge in [-0.3, -0.25) is 19.2 Å². The number of carbonyl (C=O) groups excluding carboxylic acids is 1. The van der Waals surface area contributed by atoms with Crippen LogP contribution in [0, 0.1) is 10.1 Å². The van der Waals surface area contributed by atoms with Gasteiger partial charge >= 0.3 is 6.18 Å². The molecule has 0 aromatic heterocycles. The predicted molar refractivity (Wildman–Crippen MR) is 132 cm³/mol. The minimum Gasteiger partial charge on any atom is -0.497 e. The van der Waals surface area contributed by atoms with E-state index in [1.165, 1.54) is 44.6 Å². The van der Waals surface area contributed by atoms with E-state index in [0.29, 0.717) is 10.4 Å². The Balaban J connectivity index is 2.09. The molecule has 0 radical (unpaired) electrons. The number of methoxy groups -OCH3 is 2. The Morgan fingerprint density at radius 3 is 2.37 bits per heavy atom. The Labute approximate surface area is 219 Å². The van der Waals surface area contributed by atoms with E-state index >= 15 is 0 Å². The first-order chi connectivity index (χ1) is 17.8. The van der Waals surface area contributed by atoms with Crippen LogP contribution in [0.2, 0.25) is 5.02 Å². The minimum absolute atomic E-state index is 0.0647. The number of para-hydroxylation sites is 1. The molecule has 0 aliphatic carbocycles. The van der Waals surface area contributed by atoms with Crippen LogP contribution in [0.25, 0.3) is 0 Å². The molecule has 0 saturated heterocycles. The van der Waals surface area contributed by atoms with Crippen LogP contribution in [0.1, 0.15) is 5.56 Å². The molecule has 0 aliphatic heterocycles. The van der Waals surface area contributed by atoms with Gasteiger partial charge in [-0.25, -0.2) is 8.42 Å². The average Bonchev–Trinajstić information content (AvgIpc) is 2.87. The standard InChI is InChI=1S/C23H19ClF3N3O7S/c1-36-15-8-10-18(20(12-15)37-2)29(38(34,35)21-6-4-3-5-19(21)30(32)33)13-22(31)28-14-7-9-17(24)16(11-14)23(25,26)27/h3-12H,13H2,1-2H3,(H,28,31). The summed E-state index contributed by atoms with van der Waals surface area (Å²) in [5.74, 6) is -0.843. The van der Waals surface area contributed by atoms with E-state index in [2.05, 4.69) is 5.32 Å². The number of hydrogen-bond donors (Lipinski definition) is 1. The van der Waals surface area contributed by atoms with Crippen molar-refractivity contribution in [1.29, 1.82) is 0 Å². The molecular formula is C23H19ClF3N3O7S. The molecule has 15 heteroatoms. The number of sulfonamides is 1. The van der Waals surface area contributed by atoms with E-state index in [1.807, 2.05) is 0 Å². The molecule has 0 unspecified atom stereocenters. The van der Waals surface area contributed by atoms with Crippen molar-refractivity contribution in [2.75, 3.05) is 30.4 Å². The van der Waals surface area contributed by atoms with E-state index in [4.69, 9.17) is 21.1 Å². The molecular weight excluding hydrogens is 555 g/mol. The zero-order chi connectivity index (χ0) is 28.3. The van der Waals surface area contributed by atoms with Crippen LogP contribution in [-0.2, 0) is 21.0 Å². The zero-order valence-electron chi connectivity index (χ0n) is 19.7. The van der Waals surface area contributed by atoms with E-state index in [-0.39, 0.29) is 22.9 Å². The van der Waals surface area contributed by atoms with Crippen molar-refractivity contribution in [1.82, 2.24) is 0 Å². The molecule has 0 atom stereocenters. The Morgan fingerprint density at radius 1 is 1.08 bits per heavy atom. The van der Waals surface area contributed by atoms with Crippen molar-refractivity contribution in [2.24, 2.45) is 0 Å². The Morgan fingerprint density at radius 2 is 1.76 bits per heavy atom. The second-order valence-electron chi connectivity index (χ2n) is 7.51. The molecule has 0 heterocycles. The highest BCUT2D eigenvalue weighted by Gasteiger charge is 2.36. The molecule has 0 spiro atoms. The third-order valence-electron chi connectivity index (χ3n) is 5.13. The largest absolute Gasteiger partial charge is 0.497 e. The maximum absolute atomic E-state index is 13.7. The highest BCUT2D eigenvalue weighted by molar-refractivity contribution is 7.93. The van der Waals surface area contributed by atoms with Gasteiger partial charge in [-0.05, 0) is 36.4 Å². The van der Waals surface area contributed by atoms with E-state index < -0.39 is 54.7 Å². The number of nitro benzene ring substituents is 1. The van der Waals surface area contributed by atoms with Crippen LogP contribution < -0.4 is 19.1 Å². The van der Waals surface area contributed by atoms with Gasteiger partial charge in [-0.2, -0.15) is 13.2 Å². The molecule has 0 fully saturated rings. The lowest BCUT2D eigenvalue weighted by atomic mass is 10.2. The number of amides is 1. The number of carbonyl (C=O) groups is 1. The summed E-state index contributed by atoms with van der Waals surface area (Å²) in [6, 6.07) is 11.0. The molecule has 3 aromatic carbocycles. The van der Waals surface area contributed by atoms with E-state index in [0.717, 1.165) is 24.3 Å². The van der Waals surface area contributed by atoms with Gasteiger partial charge in [0.25, 0.3) is 15.7 Å². The van der Waals surface area contributed by atoms with Crippen LogP contribution in [0.4, 0.5) is 30.2 Å². The number of anilines is 2. The quantitative estimate of drug-likeness (QED) is 0.278. The molecule has 0 aliphatic rings. The fourth-order valence-corrected chi connectivity index (χ4v) is 5.20. The third kappa shape index (κ3) is 6.08. The number of halogens is 4. The zero-order valence-corrected chi connectivity index (χ0v) is 21.2. The van der Waals surface area contributed by atoms with Crippen LogP contribution in [-0.4, -0.2) is 40.0 Å². The fourth-order valence-electron chi connectivity index (χ4n) is 3.39. The first-order valence-electron chi connectivity index (χ1n) is 10.4. The fraction of sp³-hybridized carbons (Fsp3) is 0.174. The highest BCUT2D eigenvalue weighted by atomic mass is 35.5. The van der Waals surface area contributed by atoms with Gasteiger partial charge in [0.05, 0.1) is 35.4 Å². The van der Waals surface area contributed by atoms with Crippen LogP contribution in [0.5, 0.6) is 11.5 Å². The molecule has 1 amide bonds. The van der Waals surface area contributed by atoms with Gasteiger partial charge in [-0.1, -0.05) is 23.7 Å². The highest BCUT2D eigenvalue weighted by Crippen LogP contribution is 2.38. The molecule has 10 nitrogen and oxygen atoms in total. The lowest BCUT2D eigenvalue weighted by Gasteiger charge is -2.26. The maximum atomic E-state index is 13.7. The number of rotatable bonds is 9. The topological polar surface area (TPSA) is 128 Å². The summed E-state index contributed by atoms with van der Waals surface area (Å²) in [7, 11) is -2.22. The van der Waals surface area contributed by atoms with Gasteiger partial charge in [0.1, 0.15) is 18.0 Å². The summed E-state index contributed by atoms with van der Waals surface area (Å²) in [5, 5.41) is 13.1. The molecule has 38 heavy (non-hydrogen) atoms. The normalized spacial score (nSPS) is 11.5. The monoisotopic (exact) mass is 573 g/mol. The number of ether oxygens (including phenoxy) is 2. The van der Waals surface area contributed by atoms with Crippen molar-refractivity contribution in [2.45, 2.75) is 11.1 Å². The van der Waals surface area contributed by atoms with Gasteiger partial charge in [0.15, 0.2) is 4.90 Å². The van der Waals surface area contributed by atoms with Crippen molar-refractivity contribution in [3.8, 4) is 11.5 Å². The van der Waals surface area contributed by atoms with Gasteiger partial charge in [0.2, 0.25) is 5.91 Å². The minimum atomic E-state index is -4.81. The average molecular weight is 574 g/mol. The lowest BCUT2D eigenvalue weighted by Crippen LogP contribution is -2.38. The summed E-state index contributed by atoms with van der Waals surface area (Å²) >= 11 is 5.61. The summed E-state index contributed by atoms with van der Waals surface area (Å²) in [6.45, 7) is -0.985. The second kappa shape index (κ2) is 11.1. The van der Waals surface area contributed by atoms with Gasteiger partial charge in [-0.15, -0.1) is 0 Å². The Hall–Kier alpha value is -4.04. The van der Waals surface area contributed by atoms with Gasteiger partial charge < -0.3 is 14.8 Å².